The van der Waals surface area contributed by atoms with E-state index < -0.39 is 0 Å². The van der Waals surface area contributed by atoms with Crippen molar-refractivity contribution in [2.45, 2.75) is 26.6 Å². The van der Waals surface area contributed by atoms with E-state index in [-0.39, 0.29) is 12.1 Å². The highest BCUT2D eigenvalue weighted by Crippen LogP contribution is 2.19. The summed E-state index contributed by atoms with van der Waals surface area (Å²) in [5.74, 6) is 0.346. The zero-order valence-corrected chi connectivity index (χ0v) is 12.8. The first-order valence-corrected chi connectivity index (χ1v) is 7.11. The van der Waals surface area contributed by atoms with E-state index in [1.807, 2.05) is 38.1 Å². The largest absolute Gasteiger partial charge is 0.489 e. The minimum Gasteiger partial charge on any atom is -0.489 e. The lowest BCUT2D eigenvalue weighted by atomic mass is 10.2. The Bertz CT molecular complexity index is 606. The van der Waals surface area contributed by atoms with Gasteiger partial charge in [0.05, 0.1) is 11.7 Å². The number of carbonyl (C=O) groups is 1. The van der Waals surface area contributed by atoms with E-state index in [0.29, 0.717) is 22.9 Å². The minimum absolute atomic E-state index is 0.131. The predicted molar refractivity (Wildman–Crippen MR) is 82.8 cm³/mol. The molecule has 0 unspecified atom stereocenters. The molecule has 3 nitrogen and oxygen atoms in total. The number of hydrogen-bond donors (Lipinski definition) is 0. The highest BCUT2D eigenvalue weighted by atomic mass is 35.5. The molecular formula is C17H17ClO3. The summed E-state index contributed by atoms with van der Waals surface area (Å²) >= 11 is 6.06. The van der Waals surface area contributed by atoms with Crippen molar-refractivity contribution in [2.24, 2.45) is 0 Å². The van der Waals surface area contributed by atoms with Crippen molar-refractivity contribution in [2.75, 3.05) is 0 Å². The van der Waals surface area contributed by atoms with Crippen LogP contribution in [0.25, 0.3) is 0 Å². The Hall–Kier alpha value is -2.00. The van der Waals surface area contributed by atoms with E-state index >= 15 is 0 Å². The molecule has 110 valence electrons. The molecule has 0 N–H and O–H groups in total. The molecule has 0 spiro atoms. The summed E-state index contributed by atoms with van der Waals surface area (Å²) in [5.41, 5.74) is 1.43. The summed E-state index contributed by atoms with van der Waals surface area (Å²) in [4.78, 5) is 11.7. The Morgan fingerprint density at radius 3 is 2.38 bits per heavy atom. The molecule has 0 saturated carbocycles. The maximum absolute atomic E-state index is 11.7. The summed E-state index contributed by atoms with van der Waals surface area (Å²) in [7, 11) is 0. The summed E-state index contributed by atoms with van der Waals surface area (Å²) in [6, 6.07) is 14.4. The quantitative estimate of drug-likeness (QED) is 0.764. The zero-order chi connectivity index (χ0) is 15.2. The molecule has 2 aromatic carbocycles. The average Bonchev–Trinajstić information content (AvgIpc) is 2.46. The Balaban J connectivity index is 1.97. The van der Waals surface area contributed by atoms with Crippen molar-refractivity contribution < 1.29 is 14.3 Å². The van der Waals surface area contributed by atoms with Gasteiger partial charge in [0.1, 0.15) is 12.4 Å². The van der Waals surface area contributed by atoms with Crippen LogP contribution in [0.5, 0.6) is 5.75 Å². The number of halogens is 1. The van der Waals surface area contributed by atoms with Crippen molar-refractivity contribution in [3.8, 4) is 5.75 Å². The molecule has 0 heterocycles. The third kappa shape index (κ3) is 4.50. The number of carbonyl (C=O) groups excluding carboxylic acids is 1. The lowest BCUT2D eigenvalue weighted by Gasteiger charge is -2.10. The average molecular weight is 305 g/mol. The molecule has 0 aliphatic heterocycles. The van der Waals surface area contributed by atoms with Crippen molar-refractivity contribution in [3.05, 3.63) is 64.7 Å². The molecule has 0 saturated heterocycles. The van der Waals surface area contributed by atoms with Crippen molar-refractivity contribution in [1.29, 1.82) is 0 Å². The molecular weight excluding hydrogens is 288 g/mol. The van der Waals surface area contributed by atoms with Crippen LogP contribution in [-0.4, -0.2) is 12.1 Å². The Kier molecular flexibility index (Phi) is 5.23. The van der Waals surface area contributed by atoms with Gasteiger partial charge in [0.2, 0.25) is 0 Å². The highest BCUT2D eigenvalue weighted by Gasteiger charge is 2.09. The van der Waals surface area contributed by atoms with Crippen molar-refractivity contribution in [3.63, 3.8) is 0 Å². The second-order valence-corrected chi connectivity index (χ2v) is 5.27. The van der Waals surface area contributed by atoms with Gasteiger partial charge in [0.15, 0.2) is 0 Å². The number of benzene rings is 2. The van der Waals surface area contributed by atoms with Crippen LogP contribution in [0.2, 0.25) is 5.02 Å². The maximum Gasteiger partial charge on any atom is 0.338 e. The van der Waals surface area contributed by atoms with E-state index in [0.717, 1.165) is 5.56 Å². The second-order valence-electron chi connectivity index (χ2n) is 4.86. The third-order valence-corrected chi connectivity index (χ3v) is 3.15. The molecule has 0 bridgehead atoms. The van der Waals surface area contributed by atoms with E-state index in [1.54, 1.807) is 24.3 Å². The van der Waals surface area contributed by atoms with Crippen molar-refractivity contribution in [1.82, 2.24) is 0 Å². The summed E-state index contributed by atoms with van der Waals surface area (Å²) in [5, 5.41) is 0.676. The van der Waals surface area contributed by atoms with Gasteiger partial charge in [-0.05, 0) is 44.2 Å². The number of esters is 1. The molecule has 0 fully saturated rings. The first-order chi connectivity index (χ1) is 10.1. The van der Waals surface area contributed by atoms with E-state index in [2.05, 4.69) is 0 Å². The number of hydrogen-bond acceptors (Lipinski definition) is 3. The van der Waals surface area contributed by atoms with Gasteiger partial charge in [-0.15, -0.1) is 0 Å². The zero-order valence-electron chi connectivity index (χ0n) is 12.0. The fourth-order valence-corrected chi connectivity index (χ4v) is 1.94. The van der Waals surface area contributed by atoms with Gasteiger partial charge in [-0.1, -0.05) is 29.8 Å². The molecule has 0 radical (unpaired) electrons. The van der Waals surface area contributed by atoms with E-state index in [9.17, 15) is 4.79 Å². The molecule has 0 aromatic heterocycles. The standard InChI is InChI=1S/C17H17ClO3/c1-12(2)21-17(19)13-7-9-15(10-8-13)20-11-14-5-3-4-6-16(14)18/h3-10,12H,11H2,1-2H3. The van der Waals surface area contributed by atoms with Crippen LogP contribution in [0, 0.1) is 0 Å². The smallest absolute Gasteiger partial charge is 0.338 e. The van der Waals surface area contributed by atoms with Crippen LogP contribution >= 0.6 is 11.6 Å². The van der Waals surface area contributed by atoms with Gasteiger partial charge in [0.25, 0.3) is 0 Å². The van der Waals surface area contributed by atoms with Crippen molar-refractivity contribution >= 4 is 17.6 Å². The normalized spacial score (nSPS) is 10.5. The Morgan fingerprint density at radius 2 is 1.76 bits per heavy atom. The fourth-order valence-electron chi connectivity index (χ4n) is 1.75. The van der Waals surface area contributed by atoms with Crippen LogP contribution in [0.15, 0.2) is 48.5 Å². The first kappa shape index (κ1) is 15.4. The summed E-state index contributed by atoms with van der Waals surface area (Å²) in [6.45, 7) is 4.02. The maximum atomic E-state index is 11.7. The monoisotopic (exact) mass is 304 g/mol. The fraction of sp³-hybridized carbons (Fsp3) is 0.235. The predicted octanol–water partition coefficient (Wildman–Crippen LogP) is 4.48. The highest BCUT2D eigenvalue weighted by molar-refractivity contribution is 6.31. The lowest BCUT2D eigenvalue weighted by Crippen LogP contribution is -2.11. The first-order valence-electron chi connectivity index (χ1n) is 6.73. The second kappa shape index (κ2) is 7.14. The third-order valence-electron chi connectivity index (χ3n) is 2.78. The molecule has 0 atom stereocenters. The summed E-state index contributed by atoms with van der Waals surface area (Å²) in [6.07, 6.45) is -0.131. The van der Waals surface area contributed by atoms with Crippen LogP contribution in [0.3, 0.4) is 0 Å². The van der Waals surface area contributed by atoms with Gasteiger partial charge < -0.3 is 9.47 Å². The molecule has 4 heteroatoms. The van der Waals surface area contributed by atoms with E-state index in [1.165, 1.54) is 0 Å². The molecule has 0 aliphatic carbocycles. The van der Waals surface area contributed by atoms with Gasteiger partial charge >= 0.3 is 5.97 Å². The Morgan fingerprint density at radius 1 is 1.10 bits per heavy atom. The SMILES string of the molecule is CC(C)OC(=O)c1ccc(OCc2ccccc2Cl)cc1. The van der Waals surface area contributed by atoms with Gasteiger partial charge in [0, 0.05) is 10.6 Å². The summed E-state index contributed by atoms with van der Waals surface area (Å²) < 4.78 is 10.8. The molecule has 0 amide bonds. The topological polar surface area (TPSA) is 35.5 Å². The molecule has 0 aliphatic rings. The molecule has 2 aromatic rings. The molecule has 21 heavy (non-hydrogen) atoms. The van der Waals surface area contributed by atoms with Gasteiger partial charge in [-0.2, -0.15) is 0 Å². The van der Waals surface area contributed by atoms with E-state index in [4.69, 9.17) is 21.1 Å². The Labute approximate surface area is 129 Å². The van der Waals surface area contributed by atoms with Gasteiger partial charge in [-0.25, -0.2) is 4.79 Å². The van der Waals surface area contributed by atoms with Crippen LogP contribution < -0.4 is 4.74 Å². The number of rotatable bonds is 5. The minimum atomic E-state index is -0.331. The van der Waals surface area contributed by atoms with Crippen LogP contribution in [0.1, 0.15) is 29.8 Å². The van der Waals surface area contributed by atoms with Crippen LogP contribution in [0.4, 0.5) is 0 Å². The lowest BCUT2D eigenvalue weighted by molar-refractivity contribution is 0.0378. The van der Waals surface area contributed by atoms with Gasteiger partial charge in [-0.3, -0.25) is 0 Å². The number of ether oxygens (including phenoxy) is 2. The molecule has 2 rings (SSSR count). The van der Waals surface area contributed by atoms with Crippen LogP contribution in [-0.2, 0) is 11.3 Å².